The summed E-state index contributed by atoms with van der Waals surface area (Å²) in [6.07, 6.45) is 0. The topological polar surface area (TPSA) is 79.5 Å². The normalized spacial score (nSPS) is 10.5. The maximum atomic E-state index is 13.3. The van der Waals surface area contributed by atoms with E-state index in [-0.39, 0.29) is 18.3 Å². The number of likely N-dealkylation sites (N-methyl/N-ethyl adjacent to an activating group) is 1. The minimum Gasteiger partial charge on any atom is -0.493 e. The molecule has 1 N–H and O–H groups in total. The molecule has 8 heteroatoms. The Morgan fingerprint density at radius 2 is 1.79 bits per heavy atom. The van der Waals surface area contributed by atoms with Gasteiger partial charge in [-0.1, -0.05) is 12.1 Å². The first-order chi connectivity index (χ1) is 15.8. The van der Waals surface area contributed by atoms with Crippen LogP contribution in [0.3, 0.4) is 0 Å². The molecule has 0 fully saturated rings. The summed E-state index contributed by atoms with van der Waals surface area (Å²) in [6.45, 7) is 4.20. The Labute approximate surface area is 193 Å². The van der Waals surface area contributed by atoms with Crippen LogP contribution in [0.25, 0.3) is 0 Å². The molecule has 3 aromatic rings. The van der Waals surface area contributed by atoms with E-state index in [9.17, 15) is 14.4 Å². The van der Waals surface area contributed by atoms with E-state index in [0.29, 0.717) is 29.4 Å². The summed E-state index contributed by atoms with van der Waals surface area (Å²) in [5, 5.41) is 12.6. The van der Waals surface area contributed by atoms with Crippen molar-refractivity contribution >= 4 is 17.4 Å². The fourth-order valence-corrected chi connectivity index (χ4v) is 3.64. The Morgan fingerprint density at radius 1 is 1.12 bits per heavy atom. The number of halogens is 1. The first-order valence-corrected chi connectivity index (χ1v) is 10.4. The van der Waals surface area contributed by atoms with Crippen LogP contribution < -0.4 is 19.7 Å². The number of carbonyl (C=O) groups is 1. The summed E-state index contributed by atoms with van der Waals surface area (Å²) in [5.74, 6) is 1.00. The van der Waals surface area contributed by atoms with Gasteiger partial charge < -0.3 is 24.3 Å². The number of nitrogens with zero attached hydrogens (tertiary/aromatic N) is 3. The quantitative estimate of drug-likeness (QED) is 0.555. The van der Waals surface area contributed by atoms with Gasteiger partial charge in [0.1, 0.15) is 17.7 Å². The Kier molecular flexibility index (Phi) is 7.23. The fraction of sp³-hybridized carbons (Fsp3) is 0.280. The van der Waals surface area contributed by atoms with E-state index in [2.05, 4.69) is 11.4 Å². The molecule has 1 heterocycles. The molecule has 1 aromatic heterocycles. The average molecular weight is 451 g/mol. The molecule has 0 aliphatic rings. The van der Waals surface area contributed by atoms with Crippen LogP contribution >= 0.6 is 0 Å². The Morgan fingerprint density at radius 3 is 2.39 bits per heavy atom. The summed E-state index contributed by atoms with van der Waals surface area (Å²) >= 11 is 0. The molecule has 0 radical (unpaired) electrons. The Balaban J connectivity index is 1.83. The van der Waals surface area contributed by atoms with Crippen molar-refractivity contribution in [1.29, 1.82) is 5.26 Å². The molecule has 0 atom stereocenters. The van der Waals surface area contributed by atoms with Crippen molar-refractivity contribution in [3.63, 3.8) is 0 Å². The molecule has 33 heavy (non-hydrogen) atoms. The van der Waals surface area contributed by atoms with Crippen molar-refractivity contribution in [2.75, 3.05) is 38.0 Å². The highest BCUT2D eigenvalue weighted by molar-refractivity contribution is 5.95. The molecule has 0 aliphatic carbocycles. The zero-order valence-corrected chi connectivity index (χ0v) is 19.4. The van der Waals surface area contributed by atoms with Crippen molar-refractivity contribution in [2.45, 2.75) is 20.4 Å². The number of hydrogen-bond acceptors (Lipinski definition) is 5. The SMILES string of the molecule is COc1ccc(N(C)CC(=O)Nc2c(C#N)c(C)c(C)n2Cc2ccc(F)cc2)cc1OC. The smallest absolute Gasteiger partial charge is 0.245 e. The number of carbonyl (C=O) groups excluding carboxylic acids is 1. The van der Waals surface area contributed by atoms with E-state index in [1.807, 2.05) is 24.5 Å². The molecule has 0 saturated carbocycles. The lowest BCUT2D eigenvalue weighted by Gasteiger charge is -2.21. The van der Waals surface area contributed by atoms with Gasteiger partial charge in [-0.3, -0.25) is 4.79 Å². The molecular weight excluding hydrogens is 423 g/mol. The van der Waals surface area contributed by atoms with Gasteiger partial charge in [-0.2, -0.15) is 5.26 Å². The van der Waals surface area contributed by atoms with Crippen LogP contribution in [0.1, 0.15) is 22.4 Å². The van der Waals surface area contributed by atoms with Crippen LogP contribution in [-0.2, 0) is 11.3 Å². The molecule has 172 valence electrons. The third-order valence-corrected chi connectivity index (χ3v) is 5.64. The predicted octanol–water partition coefficient (Wildman–Crippen LogP) is 4.26. The third-order valence-electron chi connectivity index (χ3n) is 5.64. The standard InChI is InChI=1S/C25H27FN4O3/c1-16-17(2)30(14-18-6-8-19(26)9-7-18)25(21(16)13-27)28-24(31)15-29(3)20-10-11-22(32-4)23(12-20)33-5/h6-12H,14-15H2,1-5H3,(H,28,31). The van der Waals surface area contributed by atoms with Crippen LogP contribution in [0.15, 0.2) is 42.5 Å². The predicted molar refractivity (Wildman–Crippen MR) is 126 cm³/mol. The second-order valence-corrected chi connectivity index (χ2v) is 7.70. The molecule has 0 saturated heterocycles. The number of methoxy groups -OCH3 is 2. The van der Waals surface area contributed by atoms with Crippen molar-refractivity contribution < 1.29 is 18.7 Å². The number of ether oxygens (including phenoxy) is 2. The summed E-state index contributed by atoms with van der Waals surface area (Å²) in [4.78, 5) is 14.7. The number of amides is 1. The van der Waals surface area contributed by atoms with E-state index in [1.54, 1.807) is 50.4 Å². The zero-order chi connectivity index (χ0) is 24.1. The number of anilines is 2. The molecule has 3 rings (SSSR count). The fourth-order valence-electron chi connectivity index (χ4n) is 3.64. The van der Waals surface area contributed by atoms with Crippen LogP contribution in [-0.4, -0.2) is 38.3 Å². The van der Waals surface area contributed by atoms with Crippen LogP contribution in [0, 0.1) is 31.0 Å². The van der Waals surface area contributed by atoms with E-state index in [1.165, 1.54) is 12.1 Å². The monoisotopic (exact) mass is 450 g/mol. The van der Waals surface area contributed by atoms with Gasteiger partial charge in [0.25, 0.3) is 0 Å². The lowest BCUT2D eigenvalue weighted by Crippen LogP contribution is -2.31. The molecule has 0 bridgehead atoms. The first kappa shape index (κ1) is 23.7. The minimum atomic E-state index is -0.316. The van der Waals surface area contributed by atoms with Crippen molar-refractivity contribution in [1.82, 2.24) is 4.57 Å². The highest BCUT2D eigenvalue weighted by Gasteiger charge is 2.21. The minimum absolute atomic E-state index is 0.0557. The summed E-state index contributed by atoms with van der Waals surface area (Å²) in [6, 6.07) is 13.8. The largest absolute Gasteiger partial charge is 0.493 e. The van der Waals surface area contributed by atoms with Crippen molar-refractivity contribution in [2.24, 2.45) is 0 Å². The number of rotatable bonds is 8. The highest BCUT2D eigenvalue weighted by Crippen LogP contribution is 2.31. The maximum Gasteiger partial charge on any atom is 0.245 e. The summed E-state index contributed by atoms with van der Waals surface area (Å²) in [5.41, 5.74) is 3.70. The van der Waals surface area contributed by atoms with E-state index in [4.69, 9.17) is 9.47 Å². The average Bonchev–Trinajstić information content (AvgIpc) is 3.03. The van der Waals surface area contributed by atoms with Gasteiger partial charge in [0, 0.05) is 31.0 Å². The lowest BCUT2D eigenvalue weighted by atomic mass is 10.2. The van der Waals surface area contributed by atoms with Gasteiger partial charge >= 0.3 is 0 Å². The number of benzene rings is 2. The molecule has 1 amide bonds. The molecule has 2 aromatic carbocycles. The van der Waals surface area contributed by atoms with Gasteiger partial charge in [-0.05, 0) is 49.2 Å². The van der Waals surface area contributed by atoms with Gasteiger partial charge in [-0.15, -0.1) is 0 Å². The maximum absolute atomic E-state index is 13.3. The first-order valence-electron chi connectivity index (χ1n) is 10.4. The highest BCUT2D eigenvalue weighted by atomic mass is 19.1. The summed E-state index contributed by atoms with van der Waals surface area (Å²) < 4.78 is 25.8. The van der Waals surface area contributed by atoms with E-state index in [0.717, 1.165) is 22.5 Å². The second kappa shape index (κ2) is 10.1. The van der Waals surface area contributed by atoms with Gasteiger partial charge in [0.15, 0.2) is 11.5 Å². The Bertz CT molecular complexity index is 1200. The van der Waals surface area contributed by atoms with Gasteiger partial charge in [0.2, 0.25) is 5.91 Å². The lowest BCUT2D eigenvalue weighted by molar-refractivity contribution is -0.115. The Hall–Kier alpha value is -3.99. The van der Waals surface area contributed by atoms with Crippen LogP contribution in [0.2, 0.25) is 0 Å². The molecule has 7 nitrogen and oxygen atoms in total. The zero-order valence-electron chi connectivity index (χ0n) is 19.4. The van der Waals surface area contributed by atoms with Gasteiger partial charge in [-0.25, -0.2) is 4.39 Å². The van der Waals surface area contributed by atoms with Crippen LogP contribution in [0.4, 0.5) is 15.9 Å². The number of nitriles is 1. The van der Waals surface area contributed by atoms with E-state index < -0.39 is 0 Å². The number of hydrogen-bond donors (Lipinski definition) is 1. The molecule has 0 spiro atoms. The summed E-state index contributed by atoms with van der Waals surface area (Å²) in [7, 11) is 4.91. The van der Waals surface area contributed by atoms with Crippen molar-refractivity contribution in [3.8, 4) is 17.6 Å². The van der Waals surface area contributed by atoms with Crippen LogP contribution in [0.5, 0.6) is 11.5 Å². The number of nitrogens with one attached hydrogen (secondary N) is 1. The van der Waals surface area contributed by atoms with Gasteiger partial charge in [0.05, 0.1) is 26.3 Å². The molecular formula is C25H27FN4O3. The van der Waals surface area contributed by atoms with Crippen molar-refractivity contribution in [3.05, 3.63) is 70.7 Å². The molecule has 0 unspecified atom stereocenters. The third kappa shape index (κ3) is 5.09. The second-order valence-electron chi connectivity index (χ2n) is 7.70. The molecule has 0 aliphatic heterocycles. The van der Waals surface area contributed by atoms with E-state index >= 15 is 0 Å². The number of aromatic nitrogens is 1.